The molecular weight excluding hydrogens is 386 g/mol. The van der Waals surface area contributed by atoms with Gasteiger partial charge in [0.1, 0.15) is 5.75 Å². The van der Waals surface area contributed by atoms with E-state index in [9.17, 15) is 13.2 Å². The molecule has 1 aromatic rings. The smallest absolute Gasteiger partial charge is 0.237 e. The third kappa shape index (κ3) is 6.83. The van der Waals surface area contributed by atoms with Crippen molar-refractivity contribution in [2.45, 2.75) is 44.3 Å². The number of hydrogen-bond donors (Lipinski definition) is 0. The summed E-state index contributed by atoms with van der Waals surface area (Å²) in [6.07, 6.45) is 7.15. The molecular formula is C22H31N3O3S. The van der Waals surface area contributed by atoms with Crippen LogP contribution >= 0.6 is 0 Å². The van der Waals surface area contributed by atoms with E-state index in [1.807, 2.05) is 6.07 Å². The molecule has 2 saturated heterocycles. The number of piperidine rings is 1. The van der Waals surface area contributed by atoms with Crippen molar-refractivity contribution < 1.29 is 13.2 Å². The number of carbonyl (C=O) groups excluding carboxylic acids is 1. The molecule has 3 rings (SSSR count). The monoisotopic (exact) mass is 417 g/mol. The molecule has 1 amide bonds. The lowest BCUT2D eigenvalue weighted by Crippen LogP contribution is -2.43. The Morgan fingerprint density at radius 1 is 1.00 bits per heavy atom. The van der Waals surface area contributed by atoms with E-state index in [0.29, 0.717) is 30.1 Å². The van der Waals surface area contributed by atoms with Crippen LogP contribution < -0.4 is 0 Å². The van der Waals surface area contributed by atoms with E-state index in [-0.39, 0.29) is 11.7 Å². The van der Waals surface area contributed by atoms with Gasteiger partial charge in [-0.05, 0) is 62.4 Å². The van der Waals surface area contributed by atoms with Gasteiger partial charge >= 0.3 is 0 Å². The van der Waals surface area contributed by atoms with Gasteiger partial charge in [0.05, 0.1) is 17.4 Å². The van der Waals surface area contributed by atoms with Gasteiger partial charge in [0.25, 0.3) is 0 Å². The number of hydrogen-bond acceptors (Lipinski definition) is 5. The van der Waals surface area contributed by atoms with Crippen LogP contribution in [0.5, 0.6) is 0 Å². The van der Waals surface area contributed by atoms with Crippen LogP contribution in [0.4, 0.5) is 0 Å². The molecule has 2 heterocycles. The zero-order chi connectivity index (χ0) is 20.7. The van der Waals surface area contributed by atoms with Crippen molar-refractivity contribution >= 4 is 15.7 Å². The Morgan fingerprint density at radius 3 is 2.21 bits per heavy atom. The average Bonchev–Trinajstić information content (AvgIpc) is 2.97. The highest BCUT2D eigenvalue weighted by Crippen LogP contribution is 2.21. The first-order chi connectivity index (χ1) is 13.9. The van der Waals surface area contributed by atoms with E-state index in [1.54, 1.807) is 29.2 Å². The lowest BCUT2D eigenvalue weighted by molar-refractivity contribution is -0.129. The highest BCUT2D eigenvalue weighted by molar-refractivity contribution is 7.91. The number of amides is 1. The number of nitrogens with zero attached hydrogens (tertiary/aromatic N) is 3. The summed E-state index contributed by atoms with van der Waals surface area (Å²) in [6.45, 7) is 4.80. The molecule has 7 heteroatoms. The summed E-state index contributed by atoms with van der Waals surface area (Å²) in [5.74, 6) is -0.293. The fraction of sp³-hybridized carbons (Fsp3) is 0.636. The number of benzene rings is 1. The fourth-order valence-electron chi connectivity index (χ4n) is 4.31. The molecule has 2 fully saturated rings. The minimum absolute atomic E-state index is 0.171. The molecule has 0 bridgehead atoms. The van der Waals surface area contributed by atoms with Crippen molar-refractivity contribution in [1.29, 1.82) is 5.26 Å². The Kier molecular flexibility index (Phi) is 7.68. The van der Waals surface area contributed by atoms with Gasteiger partial charge in [0, 0.05) is 19.6 Å². The SMILES string of the molecule is N#Cc1ccc(CS(=O)(=O)CC(=O)N2CCC(CN3CCCCCC3)CC2)cc1. The molecule has 2 aliphatic rings. The normalized spacial score (nSPS) is 19.5. The number of likely N-dealkylation sites (tertiary alicyclic amines) is 2. The molecule has 0 aromatic heterocycles. The Labute approximate surface area is 174 Å². The van der Waals surface area contributed by atoms with Crippen LogP contribution in [0.2, 0.25) is 0 Å². The van der Waals surface area contributed by atoms with Crippen molar-refractivity contribution in [2.75, 3.05) is 38.5 Å². The molecule has 6 nitrogen and oxygen atoms in total. The van der Waals surface area contributed by atoms with Gasteiger partial charge in [0.2, 0.25) is 5.91 Å². The maximum absolute atomic E-state index is 12.5. The third-order valence-electron chi connectivity index (χ3n) is 6.00. The van der Waals surface area contributed by atoms with Crippen molar-refractivity contribution in [3.05, 3.63) is 35.4 Å². The van der Waals surface area contributed by atoms with E-state index in [4.69, 9.17) is 5.26 Å². The molecule has 1 aromatic carbocycles. The van der Waals surface area contributed by atoms with Crippen LogP contribution in [0.25, 0.3) is 0 Å². The number of rotatable bonds is 6. The summed E-state index contributed by atoms with van der Waals surface area (Å²) >= 11 is 0. The highest BCUT2D eigenvalue weighted by Gasteiger charge is 2.27. The summed E-state index contributed by atoms with van der Waals surface area (Å²) in [7, 11) is -3.53. The van der Waals surface area contributed by atoms with Crippen LogP contribution in [0, 0.1) is 17.2 Å². The topological polar surface area (TPSA) is 81.5 Å². The van der Waals surface area contributed by atoms with Gasteiger partial charge in [-0.3, -0.25) is 4.79 Å². The van der Waals surface area contributed by atoms with Crippen molar-refractivity contribution in [2.24, 2.45) is 5.92 Å². The van der Waals surface area contributed by atoms with E-state index in [0.717, 1.165) is 19.4 Å². The van der Waals surface area contributed by atoms with E-state index in [2.05, 4.69) is 4.90 Å². The second-order valence-corrected chi connectivity index (χ2v) is 10.4. The maximum atomic E-state index is 12.5. The fourth-order valence-corrected chi connectivity index (χ4v) is 5.67. The summed E-state index contributed by atoms with van der Waals surface area (Å²) in [5, 5.41) is 8.83. The lowest BCUT2D eigenvalue weighted by Gasteiger charge is -2.34. The van der Waals surface area contributed by atoms with E-state index < -0.39 is 15.6 Å². The first-order valence-corrected chi connectivity index (χ1v) is 12.5. The predicted octanol–water partition coefficient (Wildman–Crippen LogP) is 2.59. The zero-order valence-electron chi connectivity index (χ0n) is 17.1. The summed E-state index contributed by atoms with van der Waals surface area (Å²) < 4.78 is 24.9. The van der Waals surface area contributed by atoms with Gasteiger partial charge in [-0.2, -0.15) is 5.26 Å². The number of sulfone groups is 1. The van der Waals surface area contributed by atoms with Crippen LogP contribution in [0.1, 0.15) is 49.7 Å². The molecule has 0 unspecified atom stereocenters. The summed E-state index contributed by atoms with van der Waals surface area (Å²) in [6, 6.07) is 8.48. The van der Waals surface area contributed by atoms with Crippen LogP contribution in [0.15, 0.2) is 24.3 Å². The van der Waals surface area contributed by atoms with Gasteiger partial charge in [-0.1, -0.05) is 25.0 Å². The van der Waals surface area contributed by atoms with E-state index in [1.165, 1.54) is 38.8 Å². The predicted molar refractivity (Wildman–Crippen MR) is 113 cm³/mol. The molecule has 0 spiro atoms. The lowest BCUT2D eigenvalue weighted by atomic mass is 9.96. The molecule has 0 saturated carbocycles. The minimum Gasteiger partial charge on any atom is -0.342 e. The third-order valence-corrected chi connectivity index (χ3v) is 7.46. The number of nitriles is 1. The quantitative estimate of drug-likeness (QED) is 0.711. The second kappa shape index (κ2) is 10.2. The Bertz CT molecular complexity index is 814. The van der Waals surface area contributed by atoms with Crippen LogP contribution in [-0.4, -0.2) is 62.6 Å². The maximum Gasteiger partial charge on any atom is 0.237 e. The molecule has 0 atom stereocenters. The van der Waals surface area contributed by atoms with Gasteiger partial charge in [-0.15, -0.1) is 0 Å². The van der Waals surface area contributed by atoms with E-state index >= 15 is 0 Å². The molecule has 29 heavy (non-hydrogen) atoms. The standard InChI is InChI=1S/C22H31N3O3S/c23-15-19-5-7-21(8-6-19)17-29(27,28)18-22(26)25-13-9-20(10-14-25)16-24-11-3-1-2-4-12-24/h5-8,20H,1-4,9-14,16-18H2. The molecule has 0 N–H and O–H groups in total. The van der Waals surface area contributed by atoms with Gasteiger partial charge in [-0.25, -0.2) is 8.42 Å². The Hall–Kier alpha value is -1.91. The molecule has 2 aliphatic heterocycles. The number of carbonyl (C=O) groups is 1. The molecule has 0 aliphatic carbocycles. The van der Waals surface area contributed by atoms with Crippen LogP contribution in [0.3, 0.4) is 0 Å². The summed E-state index contributed by atoms with van der Waals surface area (Å²) in [4.78, 5) is 16.8. The van der Waals surface area contributed by atoms with Gasteiger partial charge in [0.15, 0.2) is 9.84 Å². The Morgan fingerprint density at radius 2 is 1.62 bits per heavy atom. The average molecular weight is 418 g/mol. The highest BCUT2D eigenvalue weighted by atomic mass is 32.2. The summed E-state index contributed by atoms with van der Waals surface area (Å²) in [5.41, 5.74) is 1.10. The largest absolute Gasteiger partial charge is 0.342 e. The molecule has 158 valence electrons. The molecule has 0 radical (unpaired) electrons. The minimum atomic E-state index is -3.53. The van der Waals surface area contributed by atoms with Gasteiger partial charge < -0.3 is 9.80 Å². The Balaban J connectivity index is 1.45. The first kappa shape index (κ1) is 21.8. The van der Waals surface area contributed by atoms with Crippen LogP contribution in [-0.2, 0) is 20.4 Å². The van der Waals surface area contributed by atoms with Crippen molar-refractivity contribution in [1.82, 2.24) is 9.80 Å². The van der Waals surface area contributed by atoms with Crippen molar-refractivity contribution in [3.63, 3.8) is 0 Å². The zero-order valence-corrected chi connectivity index (χ0v) is 17.9. The second-order valence-electron chi connectivity index (χ2n) is 8.38. The van der Waals surface area contributed by atoms with Crippen molar-refractivity contribution in [3.8, 4) is 6.07 Å². The first-order valence-electron chi connectivity index (χ1n) is 10.6.